The SMILES string of the molecule is COC(=O)c1csc(-n2nc3c(c2C(F)F)CCC3)n1. The van der Waals surface area contributed by atoms with Crippen LogP contribution in [0.1, 0.15) is 40.3 Å². The first-order valence-corrected chi connectivity index (χ1v) is 6.92. The van der Waals surface area contributed by atoms with Gasteiger partial charge in [-0.15, -0.1) is 11.3 Å². The maximum Gasteiger partial charge on any atom is 0.357 e. The number of halogens is 2. The molecule has 5 nitrogen and oxygen atoms in total. The lowest BCUT2D eigenvalue weighted by atomic mass is 10.2. The Morgan fingerprint density at radius 1 is 1.50 bits per heavy atom. The van der Waals surface area contributed by atoms with E-state index in [9.17, 15) is 13.6 Å². The number of aryl methyl sites for hydroxylation is 1. The predicted octanol–water partition coefficient (Wildman–Crippen LogP) is 2.54. The third-order valence-corrected chi connectivity index (χ3v) is 4.04. The average molecular weight is 299 g/mol. The van der Waals surface area contributed by atoms with Gasteiger partial charge in [0.1, 0.15) is 5.69 Å². The van der Waals surface area contributed by atoms with Crippen molar-refractivity contribution in [2.45, 2.75) is 25.7 Å². The summed E-state index contributed by atoms with van der Waals surface area (Å²) in [5.74, 6) is -0.592. The molecule has 0 amide bonds. The molecule has 0 unspecified atom stereocenters. The van der Waals surface area contributed by atoms with Crippen LogP contribution in [0.25, 0.3) is 5.13 Å². The van der Waals surface area contributed by atoms with Crippen molar-refractivity contribution in [3.8, 4) is 5.13 Å². The van der Waals surface area contributed by atoms with Crippen LogP contribution in [0.15, 0.2) is 5.38 Å². The van der Waals surface area contributed by atoms with Crippen LogP contribution in [-0.4, -0.2) is 27.8 Å². The van der Waals surface area contributed by atoms with Crippen molar-refractivity contribution in [3.05, 3.63) is 28.0 Å². The van der Waals surface area contributed by atoms with E-state index in [1.54, 1.807) is 0 Å². The van der Waals surface area contributed by atoms with E-state index in [1.165, 1.54) is 12.5 Å². The lowest BCUT2D eigenvalue weighted by Crippen LogP contribution is -2.06. The highest BCUT2D eigenvalue weighted by atomic mass is 32.1. The van der Waals surface area contributed by atoms with Gasteiger partial charge in [0.2, 0.25) is 5.13 Å². The topological polar surface area (TPSA) is 57.0 Å². The van der Waals surface area contributed by atoms with Gasteiger partial charge in [-0.2, -0.15) is 5.10 Å². The number of carbonyl (C=O) groups is 1. The van der Waals surface area contributed by atoms with Crippen LogP contribution < -0.4 is 0 Å². The zero-order valence-corrected chi connectivity index (χ0v) is 11.4. The van der Waals surface area contributed by atoms with Crippen molar-refractivity contribution < 1.29 is 18.3 Å². The molecule has 2 aromatic heterocycles. The van der Waals surface area contributed by atoms with Gasteiger partial charge < -0.3 is 4.74 Å². The second-order valence-corrected chi connectivity index (χ2v) is 5.22. The smallest absolute Gasteiger partial charge is 0.357 e. The summed E-state index contributed by atoms with van der Waals surface area (Å²) in [4.78, 5) is 15.4. The van der Waals surface area contributed by atoms with Gasteiger partial charge in [0.15, 0.2) is 5.69 Å². The van der Waals surface area contributed by atoms with Crippen LogP contribution >= 0.6 is 11.3 Å². The molecule has 3 rings (SSSR count). The number of aromatic nitrogens is 3. The van der Waals surface area contributed by atoms with Gasteiger partial charge in [-0.3, -0.25) is 0 Å². The number of carbonyl (C=O) groups excluding carboxylic acids is 1. The Hall–Kier alpha value is -1.83. The number of esters is 1. The minimum Gasteiger partial charge on any atom is -0.464 e. The minimum absolute atomic E-state index is 0.100. The van der Waals surface area contributed by atoms with Gasteiger partial charge in [-0.05, 0) is 19.3 Å². The molecule has 2 aromatic rings. The average Bonchev–Trinajstić information content (AvgIpc) is 3.10. The van der Waals surface area contributed by atoms with Crippen LogP contribution in [0.5, 0.6) is 0 Å². The van der Waals surface area contributed by atoms with Crippen molar-refractivity contribution in [1.29, 1.82) is 0 Å². The monoisotopic (exact) mass is 299 g/mol. The fourth-order valence-corrected chi connectivity index (χ4v) is 3.10. The second-order valence-electron chi connectivity index (χ2n) is 4.38. The standard InChI is InChI=1S/C12H11F2N3O2S/c1-19-11(18)8-5-20-12(15-8)17-9(10(13)14)6-3-2-4-7(6)16-17/h5,10H,2-4H2,1H3. The summed E-state index contributed by atoms with van der Waals surface area (Å²) < 4.78 is 32.2. The molecular formula is C12H11F2N3O2S. The summed E-state index contributed by atoms with van der Waals surface area (Å²) in [6.07, 6.45) is -0.444. The summed E-state index contributed by atoms with van der Waals surface area (Å²) in [5.41, 5.74) is 1.32. The van der Waals surface area contributed by atoms with E-state index in [0.29, 0.717) is 24.1 Å². The Morgan fingerprint density at radius 3 is 3.00 bits per heavy atom. The summed E-state index contributed by atoms with van der Waals surface area (Å²) >= 11 is 1.09. The molecule has 1 aliphatic rings. The fourth-order valence-electron chi connectivity index (χ4n) is 2.35. The van der Waals surface area contributed by atoms with Crippen LogP contribution in [0.4, 0.5) is 8.78 Å². The van der Waals surface area contributed by atoms with Crippen LogP contribution in [-0.2, 0) is 17.6 Å². The molecule has 0 aromatic carbocycles. The van der Waals surface area contributed by atoms with E-state index < -0.39 is 12.4 Å². The molecule has 106 valence electrons. The molecule has 0 N–H and O–H groups in total. The highest BCUT2D eigenvalue weighted by Crippen LogP contribution is 2.33. The number of fused-ring (bicyclic) bond motifs is 1. The van der Waals surface area contributed by atoms with E-state index in [2.05, 4.69) is 14.8 Å². The van der Waals surface area contributed by atoms with Gasteiger partial charge in [0.25, 0.3) is 6.43 Å². The van der Waals surface area contributed by atoms with Crippen molar-refractivity contribution in [1.82, 2.24) is 14.8 Å². The molecule has 1 aliphatic carbocycles. The van der Waals surface area contributed by atoms with E-state index >= 15 is 0 Å². The molecule has 0 atom stereocenters. The molecule has 0 bridgehead atoms. The highest BCUT2D eigenvalue weighted by molar-refractivity contribution is 7.12. The predicted molar refractivity (Wildman–Crippen MR) is 67.6 cm³/mol. The molecule has 20 heavy (non-hydrogen) atoms. The number of rotatable bonds is 3. The third kappa shape index (κ3) is 2.00. The van der Waals surface area contributed by atoms with Gasteiger partial charge in [0.05, 0.1) is 12.8 Å². The first-order chi connectivity index (χ1) is 9.61. The lowest BCUT2D eigenvalue weighted by Gasteiger charge is -2.05. The van der Waals surface area contributed by atoms with Crippen molar-refractivity contribution in [3.63, 3.8) is 0 Å². The molecule has 0 radical (unpaired) electrons. The lowest BCUT2D eigenvalue weighted by molar-refractivity contribution is 0.0595. The Kier molecular flexibility index (Phi) is 3.25. The number of nitrogens with zero attached hydrogens (tertiary/aromatic N) is 3. The van der Waals surface area contributed by atoms with Gasteiger partial charge in [0, 0.05) is 10.9 Å². The van der Waals surface area contributed by atoms with E-state index in [0.717, 1.165) is 22.4 Å². The Balaban J connectivity index is 2.06. The fraction of sp³-hybridized carbons (Fsp3) is 0.417. The molecule has 0 saturated carbocycles. The van der Waals surface area contributed by atoms with Gasteiger partial charge in [-0.25, -0.2) is 23.2 Å². The van der Waals surface area contributed by atoms with Crippen molar-refractivity contribution in [2.24, 2.45) is 0 Å². The summed E-state index contributed by atoms with van der Waals surface area (Å²) in [7, 11) is 1.24. The first kappa shape index (κ1) is 13.2. The maximum absolute atomic E-state index is 13.3. The molecule has 0 aliphatic heterocycles. The second kappa shape index (κ2) is 4.93. The Morgan fingerprint density at radius 2 is 2.30 bits per heavy atom. The van der Waals surface area contributed by atoms with Crippen LogP contribution in [0.2, 0.25) is 0 Å². The molecular weight excluding hydrogens is 288 g/mol. The zero-order valence-electron chi connectivity index (χ0n) is 10.6. The number of methoxy groups -OCH3 is 1. The Labute approximate surface area is 117 Å². The van der Waals surface area contributed by atoms with Crippen LogP contribution in [0, 0.1) is 0 Å². The normalized spacial score (nSPS) is 13.8. The van der Waals surface area contributed by atoms with Crippen molar-refractivity contribution >= 4 is 17.3 Å². The number of hydrogen-bond donors (Lipinski definition) is 0. The number of thiazole rings is 1. The number of alkyl halides is 2. The third-order valence-electron chi connectivity index (χ3n) is 3.22. The summed E-state index contributed by atoms with van der Waals surface area (Å²) in [5, 5.41) is 5.95. The van der Waals surface area contributed by atoms with E-state index in [4.69, 9.17) is 0 Å². The first-order valence-electron chi connectivity index (χ1n) is 6.05. The maximum atomic E-state index is 13.3. The highest BCUT2D eigenvalue weighted by Gasteiger charge is 2.29. The summed E-state index contributed by atoms with van der Waals surface area (Å²) in [6, 6.07) is 0. The number of hydrogen-bond acceptors (Lipinski definition) is 5. The van der Waals surface area contributed by atoms with Gasteiger partial charge >= 0.3 is 5.97 Å². The minimum atomic E-state index is -2.62. The molecule has 0 saturated heterocycles. The molecule has 8 heteroatoms. The van der Waals surface area contributed by atoms with Gasteiger partial charge in [-0.1, -0.05) is 0 Å². The zero-order chi connectivity index (χ0) is 14.3. The van der Waals surface area contributed by atoms with Crippen molar-refractivity contribution in [2.75, 3.05) is 7.11 Å². The molecule has 0 spiro atoms. The number of ether oxygens (including phenoxy) is 1. The van der Waals surface area contributed by atoms with E-state index in [-0.39, 0.29) is 16.5 Å². The molecule has 2 heterocycles. The quantitative estimate of drug-likeness (QED) is 0.817. The van der Waals surface area contributed by atoms with E-state index in [1.807, 2.05) is 0 Å². The van der Waals surface area contributed by atoms with Crippen LogP contribution in [0.3, 0.4) is 0 Å². The summed E-state index contributed by atoms with van der Waals surface area (Å²) in [6.45, 7) is 0. The Bertz CT molecular complexity index is 666. The molecule has 0 fully saturated rings. The largest absolute Gasteiger partial charge is 0.464 e.